The molecule has 0 aliphatic heterocycles. The van der Waals surface area contributed by atoms with Crippen molar-refractivity contribution in [2.75, 3.05) is 0 Å². The molecule has 0 unspecified atom stereocenters. The van der Waals surface area contributed by atoms with Crippen LogP contribution in [0.5, 0.6) is 0 Å². The third-order valence-electron chi connectivity index (χ3n) is 2.22. The van der Waals surface area contributed by atoms with E-state index in [0.717, 1.165) is 5.56 Å². The van der Waals surface area contributed by atoms with Gasteiger partial charge in [-0.2, -0.15) is 4.57 Å². The molecule has 1 heterocycles. The van der Waals surface area contributed by atoms with Crippen molar-refractivity contribution in [1.29, 1.82) is 0 Å². The highest BCUT2D eigenvalue weighted by atomic mass is 16.6. The number of rotatable bonds is 5. The normalized spacial score (nSPS) is 10.4. The lowest BCUT2D eigenvalue weighted by Gasteiger charge is -2.03. The van der Waals surface area contributed by atoms with Crippen LogP contribution in [-0.4, -0.2) is 14.5 Å². The molecular formula is C11H11N3O3. The standard InChI is InChI=1S/C11H11N3O3/c15-14(16)11-6-12-8-13(11)9-17-7-10-4-2-1-3-5-10/h1-6,8H,7,9H2. The van der Waals surface area contributed by atoms with Gasteiger partial charge >= 0.3 is 5.82 Å². The summed E-state index contributed by atoms with van der Waals surface area (Å²) >= 11 is 0. The Morgan fingerprint density at radius 2 is 2.12 bits per heavy atom. The average molecular weight is 233 g/mol. The topological polar surface area (TPSA) is 70.2 Å². The monoisotopic (exact) mass is 233 g/mol. The van der Waals surface area contributed by atoms with Crippen LogP contribution in [0.4, 0.5) is 5.82 Å². The summed E-state index contributed by atoms with van der Waals surface area (Å²) in [6.45, 7) is 0.529. The molecular weight excluding hydrogens is 222 g/mol. The maximum Gasteiger partial charge on any atom is 0.344 e. The highest BCUT2D eigenvalue weighted by Crippen LogP contribution is 2.10. The zero-order valence-corrected chi connectivity index (χ0v) is 9.02. The molecule has 0 saturated carbocycles. The second kappa shape index (κ2) is 5.22. The Balaban J connectivity index is 1.90. The Morgan fingerprint density at radius 1 is 1.35 bits per heavy atom. The summed E-state index contributed by atoms with van der Waals surface area (Å²) in [4.78, 5) is 13.8. The molecule has 0 atom stereocenters. The van der Waals surface area contributed by atoms with Crippen LogP contribution in [0, 0.1) is 10.1 Å². The van der Waals surface area contributed by atoms with Crippen molar-refractivity contribution in [3.8, 4) is 0 Å². The lowest BCUT2D eigenvalue weighted by atomic mass is 10.2. The molecule has 0 amide bonds. The van der Waals surface area contributed by atoms with Crippen LogP contribution < -0.4 is 0 Å². The minimum Gasteiger partial charge on any atom is -0.358 e. The smallest absolute Gasteiger partial charge is 0.344 e. The minimum absolute atomic E-state index is 0.0712. The summed E-state index contributed by atoms with van der Waals surface area (Å²) in [5, 5.41) is 10.6. The number of ether oxygens (including phenoxy) is 1. The van der Waals surface area contributed by atoms with Crippen molar-refractivity contribution in [2.24, 2.45) is 0 Å². The first-order chi connectivity index (χ1) is 8.27. The lowest BCUT2D eigenvalue weighted by Crippen LogP contribution is -2.05. The quantitative estimate of drug-likeness (QED) is 0.584. The molecule has 0 fully saturated rings. The molecule has 0 aliphatic rings. The Bertz CT molecular complexity index is 496. The second-order valence-corrected chi connectivity index (χ2v) is 3.44. The maximum absolute atomic E-state index is 10.6. The van der Waals surface area contributed by atoms with Crippen LogP contribution in [0.3, 0.4) is 0 Å². The zero-order valence-electron chi connectivity index (χ0n) is 9.02. The molecule has 1 aromatic heterocycles. The maximum atomic E-state index is 10.6. The fraction of sp³-hybridized carbons (Fsp3) is 0.182. The van der Waals surface area contributed by atoms with E-state index in [-0.39, 0.29) is 12.5 Å². The van der Waals surface area contributed by atoms with Crippen LogP contribution in [0.2, 0.25) is 0 Å². The molecule has 0 aliphatic carbocycles. The largest absolute Gasteiger partial charge is 0.358 e. The zero-order chi connectivity index (χ0) is 12.1. The van der Waals surface area contributed by atoms with Gasteiger partial charge in [0.2, 0.25) is 0 Å². The molecule has 2 rings (SSSR count). The Kier molecular flexibility index (Phi) is 3.46. The molecule has 17 heavy (non-hydrogen) atoms. The molecule has 6 nitrogen and oxygen atoms in total. The van der Waals surface area contributed by atoms with E-state index in [1.165, 1.54) is 17.1 Å². The van der Waals surface area contributed by atoms with Crippen molar-refractivity contribution in [3.63, 3.8) is 0 Å². The van der Waals surface area contributed by atoms with Crippen LogP contribution in [0.15, 0.2) is 42.9 Å². The van der Waals surface area contributed by atoms with Gasteiger partial charge in [0.1, 0.15) is 6.20 Å². The first-order valence-electron chi connectivity index (χ1n) is 5.03. The van der Waals surface area contributed by atoms with Crippen molar-refractivity contribution in [2.45, 2.75) is 13.3 Å². The van der Waals surface area contributed by atoms with Gasteiger partial charge in [0.15, 0.2) is 13.1 Å². The van der Waals surface area contributed by atoms with Gasteiger partial charge in [-0.05, 0) is 10.5 Å². The average Bonchev–Trinajstić information content (AvgIpc) is 2.79. The number of benzene rings is 1. The fourth-order valence-electron chi connectivity index (χ4n) is 1.40. The van der Waals surface area contributed by atoms with Gasteiger partial charge in [-0.3, -0.25) is 0 Å². The van der Waals surface area contributed by atoms with E-state index >= 15 is 0 Å². The number of aromatic nitrogens is 2. The first-order valence-corrected chi connectivity index (χ1v) is 5.03. The van der Waals surface area contributed by atoms with Crippen molar-refractivity contribution < 1.29 is 9.66 Å². The molecule has 2 aromatic rings. The van der Waals surface area contributed by atoms with E-state index in [1.54, 1.807) is 0 Å². The molecule has 0 saturated heterocycles. The van der Waals surface area contributed by atoms with Crippen LogP contribution >= 0.6 is 0 Å². The molecule has 0 bridgehead atoms. The van der Waals surface area contributed by atoms with Crippen LogP contribution in [0.25, 0.3) is 0 Å². The van der Waals surface area contributed by atoms with Gasteiger partial charge in [0.25, 0.3) is 0 Å². The fourth-order valence-corrected chi connectivity index (χ4v) is 1.40. The molecule has 0 radical (unpaired) electrons. The third kappa shape index (κ3) is 2.88. The van der Waals surface area contributed by atoms with Crippen molar-refractivity contribution in [3.05, 3.63) is 58.5 Å². The predicted molar refractivity (Wildman–Crippen MR) is 60.1 cm³/mol. The van der Waals surface area contributed by atoms with Gasteiger partial charge in [0.05, 0.1) is 6.61 Å². The van der Waals surface area contributed by atoms with Gasteiger partial charge in [0, 0.05) is 0 Å². The number of hydrogen-bond acceptors (Lipinski definition) is 4. The highest BCUT2D eigenvalue weighted by molar-refractivity contribution is 5.14. The van der Waals surface area contributed by atoms with E-state index in [4.69, 9.17) is 4.74 Å². The summed E-state index contributed by atoms with van der Waals surface area (Å²) in [5.74, 6) is -0.0712. The van der Waals surface area contributed by atoms with Crippen LogP contribution in [-0.2, 0) is 18.1 Å². The summed E-state index contributed by atoms with van der Waals surface area (Å²) in [6, 6.07) is 9.62. The Morgan fingerprint density at radius 3 is 2.82 bits per heavy atom. The second-order valence-electron chi connectivity index (χ2n) is 3.44. The van der Waals surface area contributed by atoms with Crippen molar-refractivity contribution in [1.82, 2.24) is 9.55 Å². The van der Waals surface area contributed by atoms with Gasteiger partial charge in [-0.1, -0.05) is 30.3 Å². The number of nitro groups is 1. The van der Waals surface area contributed by atoms with Crippen molar-refractivity contribution >= 4 is 5.82 Å². The first kappa shape index (κ1) is 11.3. The number of nitrogens with zero attached hydrogens (tertiary/aromatic N) is 3. The van der Waals surface area contributed by atoms with Crippen LogP contribution in [0.1, 0.15) is 5.56 Å². The number of hydrogen-bond donors (Lipinski definition) is 0. The summed E-state index contributed by atoms with van der Waals surface area (Å²) < 4.78 is 6.72. The Hall–Kier alpha value is -2.21. The summed E-state index contributed by atoms with van der Waals surface area (Å²) in [6.07, 6.45) is 2.58. The Labute approximate surface area is 97.6 Å². The third-order valence-corrected chi connectivity index (χ3v) is 2.22. The van der Waals surface area contributed by atoms with E-state index in [2.05, 4.69) is 4.98 Å². The molecule has 0 N–H and O–H groups in total. The predicted octanol–water partition coefficient (Wildman–Crippen LogP) is 1.97. The van der Waals surface area contributed by atoms with E-state index in [1.807, 2.05) is 30.3 Å². The SMILES string of the molecule is O=[N+]([O-])c1cncn1COCc1ccccc1. The van der Waals surface area contributed by atoms with E-state index in [9.17, 15) is 10.1 Å². The summed E-state index contributed by atoms with van der Waals surface area (Å²) in [7, 11) is 0. The van der Waals surface area contributed by atoms with Gasteiger partial charge in [-0.25, -0.2) is 4.98 Å². The van der Waals surface area contributed by atoms with E-state index < -0.39 is 4.92 Å². The molecule has 6 heteroatoms. The van der Waals surface area contributed by atoms with Gasteiger partial charge < -0.3 is 14.9 Å². The number of imidazole rings is 1. The molecule has 0 spiro atoms. The van der Waals surface area contributed by atoms with Gasteiger partial charge in [-0.15, -0.1) is 0 Å². The minimum atomic E-state index is -0.487. The highest BCUT2D eigenvalue weighted by Gasteiger charge is 2.12. The lowest BCUT2D eigenvalue weighted by molar-refractivity contribution is -0.393. The molecule has 1 aromatic carbocycles. The molecule has 88 valence electrons. The summed E-state index contributed by atoms with van der Waals surface area (Å²) in [5.41, 5.74) is 1.02. The van der Waals surface area contributed by atoms with E-state index in [0.29, 0.717) is 6.61 Å².